The molecular weight excluding hydrogens is 387 g/mol. The first kappa shape index (κ1) is 21.4. The van der Waals surface area contributed by atoms with E-state index in [1.807, 2.05) is 32.9 Å². The van der Waals surface area contributed by atoms with Gasteiger partial charge in [-0.3, -0.25) is 9.59 Å². The Morgan fingerprint density at radius 1 is 1.07 bits per heavy atom. The summed E-state index contributed by atoms with van der Waals surface area (Å²) in [7, 11) is 0. The topological polar surface area (TPSA) is 84.5 Å². The van der Waals surface area contributed by atoms with E-state index in [9.17, 15) is 18.8 Å². The van der Waals surface area contributed by atoms with Crippen LogP contribution in [0.25, 0.3) is 0 Å². The number of nitrogens with one attached hydrogen (secondary N) is 2. The Balaban J connectivity index is 1.84. The van der Waals surface area contributed by atoms with Gasteiger partial charge in [0.25, 0.3) is 5.91 Å². The van der Waals surface area contributed by atoms with Crippen molar-refractivity contribution in [2.75, 3.05) is 18.5 Å². The van der Waals surface area contributed by atoms with Crippen molar-refractivity contribution in [3.63, 3.8) is 0 Å². The molecule has 2 rings (SSSR count). The van der Waals surface area contributed by atoms with E-state index in [-0.39, 0.29) is 11.6 Å². The van der Waals surface area contributed by atoms with Crippen LogP contribution in [0.15, 0.2) is 30.3 Å². The number of hydrogen-bond donors (Lipinski definition) is 2. The Bertz CT molecular complexity index is 887. The third-order valence-corrected chi connectivity index (χ3v) is 4.20. The van der Waals surface area contributed by atoms with E-state index in [0.29, 0.717) is 5.69 Å². The van der Waals surface area contributed by atoms with Gasteiger partial charge in [0.1, 0.15) is 11.4 Å². The standard InChI is InChI=1S/C20H20ClFN2O4/c1-11-7-12(2)19(13(3)8-11)24-16(25)9-23-17(26)10-28-20(27)18-14(21)5-4-6-15(18)22/h4-8H,9-10H2,1-3H3,(H,23,26)(H,24,25). The Morgan fingerprint density at radius 3 is 2.32 bits per heavy atom. The molecule has 2 amide bonds. The van der Waals surface area contributed by atoms with Crippen molar-refractivity contribution in [1.82, 2.24) is 5.32 Å². The minimum Gasteiger partial charge on any atom is -0.452 e. The molecule has 0 aliphatic heterocycles. The van der Waals surface area contributed by atoms with Crippen molar-refractivity contribution in [3.05, 3.63) is 63.4 Å². The van der Waals surface area contributed by atoms with Gasteiger partial charge in [0.15, 0.2) is 6.61 Å². The lowest BCUT2D eigenvalue weighted by Crippen LogP contribution is -2.35. The number of hydrogen-bond acceptors (Lipinski definition) is 4. The molecule has 0 aliphatic carbocycles. The molecule has 6 nitrogen and oxygen atoms in total. The summed E-state index contributed by atoms with van der Waals surface area (Å²) in [6, 6.07) is 7.61. The number of carbonyl (C=O) groups is 3. The van der Waals surface area contributed by atoms with Gasteiger partial charge in [0.05, 0.1) is 11.6 Å². The molecule has 2 aromatic rings. The van der Waals surface area contributed by atoms with Gasteiger partial charge in [-0.15, -0.1) is 0 Å². The molecule has 0 heterocycles. The molecule has 148 valence electrons. The number of esters is 1. The fraction of sp³-hybridized carbons (Fsp3) is 0.250. The molecule has 2 aromatic carbocycles. The molecule has 0 unspecified atom stereocenters. The predicted octanol–water partition coefficient (Wildman–Crippen LogP) is 3.32. The van der Waals surface area contributed by atoms with Gasteiger partial charge in [-0.25, -0.2) is 9.18 Å². The predicted molar refractivity (Wildman–Crippen MR) is 104 cm³/mol. The number of rotatable bonds is 6. The number of amides is 2. The number of ether oxygens (including phenoxy) is 1. The Kier molecular flexibility index (Phi) is 7.12. The zero-order chi connectivity index (χ0) is 20.8. The maximum Gasteiger partial charge on any atom is 0.343 e. The smallest absolute Gasteiger partial charge is 0.343 e. The fourth-order valence-corrected chi connectivity index (χ4v) is 2.93. The second kappa shape index (κ2) is 9.32. The maximum absolute atomic E-state index is 13.6. The van der Waals surface area contributed by atoms with E-state index in [2.05, 4.69) is 10.6 Å². The average molecular weight is 407 g/mol. The minimum absolute atomic E-state index is 0.117. The van der Waals surface area contributed by atoms with Crippen LogP contribution in [0.3, 0.4) is 0 Å². The molecule has 0 saturated heterocycles. The largest absolute Gasteiger partial charge is 0.452 e. The maximum atomic E-state index is 13.6. The van der Waals surface area contributed by atoms with Crippen molar-refractivity contribution >= 4 is 35.1 Å². The second-order valence-electron chi connectivity index (χ2n) is 6.27. The van der Waals surface area contributed by atoms with Crippen LogP contribution in [-0.4, -0.2) is 30.9 Å². The second-order valence-corrected chi connectivity index (χ2v) is 6.68. The third kappa shape index (κ3) is 5.53. The molecule has 0 fully saturated rings. The van der Waals surface area contributed by atoms with Crippen LogP contribution in [0.5, 0.6) is 0 Å². The lowest BCUT2D eigenvalue weighted by Gasteiger charge is -2.13. The summed E-state index contributed by atoms with van der Waals surface area (Å²) in [5.74, 6) is -3.03. The highest BCUT2D eigenvalue weighted by atomic mass is 35.5. The Hall–Kier alpha value is -2.93. The van der Waals surface area contributed by atoms with Gasteiger partial charge in [-0.1, -0.05) is 35.4 Å². The first-order valence-corrected chi connectivity index (χ1v) is 8.82. The molecule has 2 N–H and O–H groups in total. The van der Waals surface area contributed by atoms with Crippen LogP contribution >= 0.6 is 11.6 Å². The molecule has 0 saturated carbocycles. The zero-order valence-electron chi connectivity index (χ0n) is 15.7. The average Bonchev–Trinajstić information content (AvgIpc) is 2.61. The van der Waals surface area contributed by atoms with Gasteiger partial charge in [0, 0.05) is 5.69 Å². The molecule has 0 atom stereocenters. The van der Waals surface area contributed by atoms with Crippen molar-refractivity contribution < 1.29 is 23.5 Å². The Morgan fingerprint density at radius 2 is 1.71 bits per heavy atom. The van der Waals surface area contributed by atoms with Gasteiger partial charge < -0.3 is 15.4 Å². The van der Waals surface area contributed by atoms with Crippen molar-refractivity contribution in [2.45, 2.75) is 20.8 Å². The molecule has 0 aliphatic rings. The number of halogens is 2. The molecular formula is C20H20ClFN2O4. The van der Waals surface area contributed by atoms with E-state index in [0.717, 1.165) is 22.8 Å². The summed E-state index contributed by atoms with van der Waals surface area (Å²) in [6.07, 6.45) is 0. The van der Waals surface area contributed by atoms with Crippen molar-refractivity contribution in [3.8, 4) is 0 Å². The molecule has 0 radical (unpaired) electrons. The Labute approximate surface area is 167 Å². The fourth-order valence-electron chi connectivity index (χ4n) is 2.69. The van der Waals surface area contributed by atoms with E-state index >= 15 is 0 Å². The van der Waals surface area contributed by atoms with Gasteiger partial charge >= 0.3 is 5.97 Å². The molecule has 0 bridgehead atoms. The highest BCUT2D eigenvalue weighted by molar-refractivity contribution is 6.33. The molecule has 0 spiro atoms. The van der Waals surface area contributed by atoms with Gasteiger partial charge in [0.2, 0.25) is 5.91 Å². The summed E-state index contributed by atoms with van der Waals surface area (Å²) in [5.41, 5.74) is 3.14. The highest BCUT2D eigenvalue weighted by Gasteiger charge is 2.18. The van der Waals surface area contributed by atoms with Crippen LogP contribution in [0, 0.1) is 26.6 Å². The highest BCUT2D eigenvalue weighted by Crippen LogP contribution is 2.22. The molecule has 8 heteroatoms. The number of carbonyl (C=O) groups excluding carboxylic acids is 3. The third-order valence-electron chi connectivity index (χ3n) is 3.89. The van der Waals surface area contributed by atoms with E-state index in [4.69, 9.17) is 16.3 Å². The number of anilines is 1. The SMILES string of the molecule is Cc1cc(C)c(NC(=O)CNC(=O)COC(=O)c2c(F)cccc2Cl)c(C)c1. The monoisotopic (exact) mass is 406 g/mol. The normalized spacial score (nSPS) is 10.3. The van der Waals surface area contributed by atoms with E-state index in [1.54, 1.807) is 0 Å². The zero-order valence-corrected chi connectivity index (χ0v) is 16.4. The van der Waals surface area contributed by atoms with Crippen molar-refractivity contribution in [2.24, 2.45) is 0 Å². The van der Waals surface area contributed by atoms with Crippen LogP contribution < -0.4 is 10.6 Å². The minimum atomic E-state index is -1.06. The summed E-state index contributed by atoms with van der Waals surface area (Å²) >= 11 is 5.76. The van der Waals surface area contributed by atoms with Crippen LogP contribution in [0.1, 0.15) is 27.0 Å². The number of benzene rings is 2. The summed E-state index contributed by atoms with van der Waals surface area (Å²) in [4.78, 5) is 35.7. The lowest BCUT2D eigenvalue weighted by molar-refractivity contribution is -0.126. The van der Waals surface area contributed by atoms with E-state index < -0.39 is 35.8 Å². The summed E-state index contributed by atoms with van der Waals surface area (Å²) in [5, 5.41) is 4.96. The quantitative estimate of drug-likeness (QED) is 0.721. The number of aryl methyl sites for hydroxylation is 3. The van der Waals surface area contributed by atoms with E-state index in [1.165, 1.54) is 12.1 Å². The molecule has 28 heavy (non-hydrogen) atoms. The first-order chi connectivity index (χ1) is 13.2. The lowest BCUT2D eigenvalue weighted by atomic mass is 10.1. The van der Waals surface area contributed by atoms with Crippen LogP contribution in [0.4, 0.5) is 10.1 Å². The van der Waals surface area contributed by atoms with Crippen LogP contribution in [-0.2, 0) is 14.3 Å². The molecule has 0 aromatic heterocycles. The van der Waals surface area contributed by atoms with Gasteiger partial charge in [-0.2, -0.15) is 0 Å². The summed E-state index contributed by atoms with van der Waals surface area (Å²) in [6.45, 7) is 4.74. The summed E-state index contributed by atoms with van der Waals surface area (Å²) < 4.78 is 18.4. The van der Waals surface area contributed by atoms with Gasteiger partial charge in [-0.05, 0) is 44.0 Å². The first-order valence-electron chi connectivity index (χ1n) is 8.44. The van der Waals surface area contributed by atoms with Crippen LogP contribution in [0.2, 0.25) is 5.02 Å². The van der Waals surface area contributed by atoms with Crippen molar-refractivity contribution in [1.29, 1.82) is 0 Å².